The Morgan fingerprint density at radius 3 is 2.96 bits per heavy atom. The molecule has 3 heterocycles. The van der Waals surface area contributed by atoms with Crippen LogP contribution in [0.15, 0.2) is 30.7 Å². The maximum absolute atomic E-state index is 12.6. The number of ether oxygens (including phenoxy) is 2. The Morgan fingerprint density at radius 2 is 2.11 bits per heavy atom. The zero-order chi connectivity index (χ0) is 18.4. The number of rotatable bonds is 5. The molecule has 0 unspecified atom stereocenters. The summed E-state index contributed by atoms with van der Waals surface area (Å²) < 4.78 is 13.2. The van der Waals surface area contributed by atoms with E-state index < -0.39 is 0 Å². The van der Waals surface area contributed by atoms with Gasteiger partial charge >= 0.3 is 0 Å². The van der Waals surface area contributed by atoms with Crippen LogP contribution in [-0.4, -0.2) is 33.7 Å². The molecule has 27 heavy (non-hydrogen) atoms. The number of hydrogen-bond acceptors (Lipinski definition) is 4. The van der Waals surface area contributed by atoms with Crippen LogP contribution in [-0.2, 0) is 17.8 Å². The summed E-state index contributed by atoms with van der Waals surface area (Å²) in [7, 11) is 0. The highest BCUT2D eigenvalue weighted by molar-refractivity contribution is 5.77. The first-order valence-corrected chi connectivity index (χ1v) is 9.77. The van der Waals surface area contributed by atoms with Crippen LogP contribution < -0.4 is 9.47 Å². The van der Waals surface area contributed by atoms with Gasteiger partial charge in [-0.25, -0.2) is 4.98 Å². The predicted molar refractivity (Wildman–Crippen MR) is 99.5 cm³/mol. The van der Waals surface area contributed by atoms with Crippen molar-refractivity contribution in [3.05, 3.63) is 42.0 Å². The molecule has 1 amide bonds. The second-order valence-electron chi connectivity index (χ2n) is 8.45. The van der Waals surface area contributed by atoms with Gasteiger partial charge in [-0.1, -0.05) is 13.0 Å². The molecule has 5 rings (SSSR count). The van der Waals surface area contributed by atoms with Gasteiger partial charge in [-0.05, 0) is 48.8 Å². The number of benzene rings is 1. The van der Waals surface area contributed by atoms with Crippen LogP contribution in [0, 0.1) is 5.41 Å². The Morgan fingerprint density at radius 1 is 1.26 bits per heavy atom. The highest BCUT2D eigenvalue weighted by atomic mass is 16.7. The Hall–Kier alpha value is -2.50. The third-order valence-electron chi connectivity index (χ3n) is 5.97. The molecule has 2 fully saturated rings. The summed E-state index contributed by atoms with van der Waals surface area (Å²) in [6.45, 7) is 4.02. The van der Waals surface area contributed by atoms with Crippen molar-refractivity contribution < 1.29 is 14.3 Å². The summed E-state index contributed by atoms with van der Waals surface area (Å²) in [4.78, 5) is 18.9. The minimum atomic E-state index is 0.0615. The van der Waals surface area contributed by atoms with E-state index in [0.29, 0.717) is 25.8 Å². The average Bonchev–Trinajstić information content (AvgIpc) is 3.20. The molecule has 2 aliphatic heterocycles. The van der Waals surface area contributed by atoms with Crippen molar-refractivity contribution >= 4 is 5.91 Å². The maximum atomic E-state index is 12.6. The number of nitrogens with zero attached hydrogens (tertiary/aromatic N) is 3. The molecule has 1 aromatic heterocycles. The van der Waals surface area contributed by atoms with Crippen molar-refractivity contribution in [3.8, 4) is 11.5 Å². The van der Waals surface area contributed by atoms with E-state index in [-0.39, 0.29) is 11.3 Å². The standard InChI is InChI=1S/C21H25N3O3/c1-21(9-15-2-5-18-19(8-15)27-14-26-18)7-6-20(25)23(12-21)11-17-10-22-13-24(17)16-3-4-16/h2,5,8,10,13,16H,3-4,6-7,9,11-12,14H2,1H3/t21-/m0/s1. The van der Waals surface area contributed by atoms with E-state index in [4.69, 9.17) is 9.47 Å². The molecular weight excluding hydrogens is 342 g/mol. The van der Waals surface area contributed by atoms with Crippen molar-refractivity contribution in [2.75, 3.05) is 13.3 Å². The number of piperidine rings is 1. The van der Waals surface area contributed by atoms with Gasteiger partial charge in [0.2, 0.25) is 12.7 Å². The molecule has 3 aliphatic rings. The Labute approximate surface area is 159 Å². The zero-order valence-corrected chi connectivity index (χ0v) is 15.7. The van der Waals surface area contributed by atoms with Gasteiger partial charge < -0.3 is 18.9 Å². The molecule has 142 valence electrons. The number of amides is 1. The number of carbonyl (C=O) groups excluding carboxylic acids is 1. The van der Waals surface area contributed by atoms with Gasteiger partial charge in [0, 0.05) is 25.2 Å². The predicted octanol–water partition coefficient (Wildman–Crippen LogP) is 3.32. The largest absolute Gasteiger partial charge is 0.454 e. The molecule has 2 aromatic rings. The quantitative estimate of drug-likeness (QED) is 0.813. The Bertz CT molecular complexity index is 873. The summed E-state index contributed by atoms with van der Waals surface area (Å²) in [6.07, 6.45) is 8.72. The Kier molecular flexibility index (Phi) is 3.88. The number of imidazole rings is 1. The lowest BCUT2D eigenvalue weighted by Crippen LogP contribution is -2.45. The molecule has 6 heteroatoms. The van der Waals surface area contributed by atoms with Gasteiger partial charge in [-0.15, -0.1) is 0 Å². The number of aromatic nitrogens is 2. The zero-order valence-electron chi connectivity index (χ0n) is 15.7. The van der Waals surface area contributed by atoms with Crippen molar-refractivity contribution in [1.82, 2.24) is 14.5 Å². The number of carbonyl (C=O) groups is 1. The highest BCUT2D eigenvalue weighted by Crippen LogP contribution is 2.39. The molecular formula is C21H25N3O3. The normalized spacial score (nSPS) is 24.5. The van der Waals surface area contributed by atoms with E-state index >= 15 is 0 Å². The summed E-state index contributed by atoms with van der Waals surface area (Å²) in [6, 6.07) is 6.77. The van der Waals surface area contributed by atoms with Gasteiger partial charge in [0.25, 0.3) is 0 Å². The SMILES string of the molecule is C[C@@]1(Cc2ccc3c(c2)OCO3)CCC(=O)N(Cc2cncn2C2CC2)C1. The third kappa shape index (κ3) is 3.29. The van der Waals surface area contributed by atoms with E-state index in [1.165, 1.54) is 18.4 Å². The van der Waals surface area contributed by atoms with Crippen LogP contribution >= 0.6 is 0 Å². The van der Waals surface area contributed by atoms with E-state index in [9.17, 15) is 4.79 Å². The first-order chi connectivity index (χ1) is 13.1. The summed E-state index contributed by atoms with van der Waals surface area (Å²) in [5.41, 5.74) is 2.45. The molecule has 1 aromatic carbocycles. The Balaban J connectivity index is 1.31. The van der Waals surface area contributed by atoms with Crippen LogP contribution in [0.1, 0.15) is 49.9 Å². The number of hydrogen-bond donors (Lipinski definition) is 0. The lowest BCUT2D eigenvalue weighted by molar-refractivity contribution is -0.138. The first kappa shape index (κ1) is 16.7. The monoisotopic (exact) mass is 367 g/mol. The van der Waals surface area contributed by atoms with Crippen LogP contribution in [0.2, 0.25) is 0 Å². The van der Waals surface area contributed by atoms with Crippen LogP contribution in [0.5, 0.6) is 11.5 Å². The van der Waals surface area contributed by atoms with Gasteiger partial charge in [0.1, 0.15) is 0 Å². The average molecular weight is 367 g/mol. The smallest absolute Gasteiger partial charge is 0.231 e. The maximum Gasteiger partial charge on any atom is 0.231 e. The van der Waals surface area contributed by atoms with Gasteiger partial charge in [-0.2, -0.15) is 0 Å². The molecule has 6 nitrogen and oxygen atoms in total. The van der Waals surface area contributed by atoms with Crippen molar-refractivity contribution in [2.24, 2.45) is 5.41 Å². The molecule has 0 N–H and O–H groups in total. The second kappa shape index (κ2) is 6.29. The fourth-order valence-corrected chi connectivity index (χ4v) is 4.36. The van der Waals surface area contributed by atoms with Crippen molar-refractivity contribution in [3.63, 3.8) is 0 Å². The van der Waals surface area contributed by atoms with Crippen LogP contribution in [0.3, 0.4) is 0 Å². The van der Waals surface area contributed by atoms with E-state index in [2.05, 4.69) is 28.6 Å². The van der Waals surface area contributed by atoms with Crippen LogP contribution in [0.4, 0.5) is 0 Å². The van der Waals surface area contributed by atoms with Gasteiger partial charge in [0.15, 0.2) is 11.5 Å². The molecule has 0 bridgehead atoms. The molecule has 0 spiro atoms. The molecule has 0 radical (unpaired) electrons. The molecule has 1 atom stereocenters. The van der Waals surface area contributed by atoms with Crippen molar-refractivity contribution in [1.29, 1.82) is 0 Å². The van der Waals surface area contributed by atoms with Crippen LogP contribution in [0.25, 0.3) is 0 Å². The highest BCUT2D eigenvalue weighted by Gasteiger charge is 2.36. The molecule has 1 saturated carbocycles. The fraction of sp³-hybridized carbons (Fsp3) is 0.524. The molecule has 1 saturated heterocycles. The van der Waals surface area contributed by atoms with E-state index in [1.807, 2.05) is 23.5 Å². The van der Waals surface area contributed by atoms with Gasteiger partial charge in [-0.3, -0.25) is 4.79 Å². The first-order valence-electron chi connectivity index (χ1n) is 9.77. The lowest BCUT2D eigenvalue weighted by Gasteiger charge is -2.40. The lowest BCUT2D eigenvalue weighted by atomic mass is 9.76. The summed E-state index contributed by atoms with van der Waals surface area (Å²) >= 11 is 0. The third-order valence-corrected chi connectivity index (χ3v) is 5.97. The van der Waals surface area contributed by atoms with Gasteiger partial charge in [0.05, 0.1) is 18.6 Å². The topological polar surface area (TPSA) is 56.6 Å². The number of fused-ring (bicyclic) bond motifs is 1. The minimum absolute atomic E-state index is 0.0615. The second-order valence-corrected chi connectivity index (χ2v) is 8.45. The summed E-state index contributed by atoms with van der Waals surface area (Å²) in [5, 5.41) is 0. The van der Waals surface area contributed by atoms with E-state index in [0.717, 1.165) is 36.6 Å². The summed E-state index contributed by atoms with van der Waals surface area (Å²) in [5.74, 6) is 1.90. The van der Waals surface area contributed by atoms with Crippen molar-refractivity contribution in [2.45, 2.75) is 51.6 Å². The molecule has 1 aliphatic carbocycles. The fourth-order valence-electron chi connectivity index (χ4n) is 4.36. The minimum Gasteiger partial charge on any atom is -0.454 e. The number of likely N-dealkylation sites (tertiary alicyclic amines) is 1. The van der Waals surface area contributed by atoms with E-state index in [1.54, 1.807) is 0 Å².